The van der Waals surface area contributed by atoms with Crippen LogP contribution in [-0.2, 0) is 6.42 Å². The molecule has 2 aromatic heterocycles. The Labute approximate surface area is 116 Å². The van der Waals surface area contributed by atoms with Crippen molar-refractivity contribution in [3.05, 3.63) is 42.5 Å². The van der Waals surface area contributed by atoms with Crippen molar-refractivity contribution in [2.75, 3.05) is 4.90 Å². The molecule has 0 fully saturated rings. The van der Waals surface area contributed by atoms with Gasteiger partial charge in [-0.2, -0.15) is 0 Å². The Morgan fingerprint density at radius 3 is 3.05 bits per heavy atom. The molecule has 1 atom stereocenters. The minimum atomic E-state index is 0.409. The van der Waals surface area contributed by atoms with Crippen molar-refractivity contribution in [3.63, 3.8) is 0 Å². The van der Waals surface area contributed by atoms with Crippen molar-refractivity contribution in [1.82, 2.24) is 19.9 Å². The minimum Gasteiger partial charge on any atom is -0.340 e. The van der Waals surface area contributed by atoms with Gasteiger partial charge >= 0.3 is 0 Å². The molecule has 4 rings (SSSR count). The van der Waals surface area contributed by atoms with Crippen LogP contribution in [0.5, 0.6) is 0 Å². The number of aromatic nitrogens is 4. The Morgan fingerprint density at radius 2 is 2.10 bits per heavy atom. The number of para-hydroxylation sites is 1. The van der Waals surface area contributed by atoms with Gasteiger partial charge in [0.15, 0.2) is 11.5 Å². The molecule has 1 N–H and O–H groups in total. The molecule has 5 nitrogen and oxygen atoms in total. The topological polar surface area (TPSA) is 57.7 Å². The summed E-state index contributed by atoms with van der Waals surface area (Å²) in [6, 6.07) is 8.94. The first-order valence-corrected chi connectivity index (χ1v) is 6.86. The SMILES string of the molecule is CC1CCc2ccccc2N1c1ncnc2nc[nH]c12. The number of benzene rings is 1. The highest BCUT2D eigenvalue weighted by molar-refractivity contribution is 5.86. The van der Waals surface area contributed by atoms with Gasteiger partial charge in [-0.05, 0) is 31.4 Å². The van der Waals surface area contributed by atoms with E-state index in [-0.39, 0.29) is 0 Å². The predicted molar refractivity (Wildman–Crippen MR) is 78.0 cm³/mol. The summed E-state index contributed by atoms with van der Waals surface area (Å²) in [6.07, 6.45) is 5.49. The maximum absolute atomic E-state index is 4.50. The maximum atomic E-state index is 4.50. The largest absolute Gasteiger partial charge is 0.340 e. The molecule has 0 bridgehead atoms. The lowest BCUT2D eigenvalue weighted by atomic mass is 9.96. The van der Waals surface area contributed by atoms with Gasteiger partial charge in [-0.1, -0.05) is 18.2 Å². The number of fused-ring (bicyclic) bond motifs is 2. The van der Waals surface area contributed by atoms with Crippen LogP contribution in [0.15, 0.2) is 36.9 Å². The van der Waals surface area contributed by atoms with Gasteiger partial charge in [0.1, 0.15) is 11.8 Å². The summed E-state index contributed by atoms with van der Waals surface area (Å²) in [6.45, 7) is 2.24. The van der Waals surface area contributed by atoms with E-state index in [9.17, 15) is 0 Å². The lowest BCUT2D eigenvalue weighted by Crippen LogP contribution is -2.34. The van der Waals surface area contributed by atoms with Crippen LogP contribution in [0.25, 0.3) is 11.2 Å². The van der Waals surface area contributed by atoms with Crippen molar-refractivity contribution in [2.45, 2.75) is 25.8 Å². The number of aryl methyl sites for hydroxylation is 1. The number of anilines is 2. The van der Waals surface area contributed by atoms with Gasteiger partial charge in [0, 0.05) is 11.7 Å². The van der Waals surface area contributed by atoms with Gasteiger partial charge in [-0.15, -0.1) is 0 Å². The number of imidazole rings is 1. The van der Waals surface area contributed by atoms with E-state index in [1.165, 1.54) is 11.3 Å². The lowest BCUT2D eigenvalue weighted by molar-refractivity contribution is 0.614. The molecular weight excluding hydrogens is 250 g/mol. The molecule has 1 aromatic carbocycles. The summed E-state index contributed by atoms with van der Waals surface area (Å²) >= 11 is 0. The third-order valence-corrected chi connectivity index (χ3v) is 3.95. The van der Waals surface area contributed by atoms with Crippen LogP contribution >= 0.6 is 0 Å². The van der Waals surface area contributed by atoms with Gasteiger partial charge in [0.2, 0.25) is 0 Å². The summed E-state index contributed by atoms with van der Waals surface area (Å²) < 4.78 is 0. The Bertz CT molecular complexity index is 764. The highest BCUT2D eigenvalue weighted by Crippen LogP contribution is 2.37. The average Bonchev–Trinajstić information content (AvgIpc) is 2.96. The highest BCUT2D eigenvalue weighted by atomic mass is 15.2. The van der Waals surface area contributed by atoms with E-state index in [1.807, 2.05) is 0 Å². The zero-order chi connectivity index (χ0) is 13.5. The van der Waals surface area contributed by atoms with Crippen molar-refractivity contribution >= 4 is 22.7 Å². The summed E-state index contributed by atoms with van der Waals surface area (Å²) in [5.74, 6) is 0.909. The van der Waals surface area contributed by atoms with Crippen LogP contribution in [0, 0.1) is 0 Å². The Morgan fingerprint density at radius 1 is 1.20 bits per heavy atom. The van der Waals surface area contributed by atoms with Gasteiger partial charge < -0.3 is 9.88 Å². The molecule has 100 valence electrons. The van der Waals surface area contributed by atoms with Crippen LogP contribution in [0.3, 0.4) is 0 Å². The number of rotatable bonds is 1. The molecule has 1 aliphatic heterocycles. The monoisotopic (exact) mass is 265 g/mol. The molecule has 20 heavy (non-hydrogen) atoms. The Kier molecular flexibility index (Phi) is 2.45. The Balaban J connectivity index is 1.95. The minimum absolute atomic E-state index is 0.409. The molecular formula is C15H15N5. The van der Waals surface area contributed by atoms with E-state index >= 15 is 0 Å². The molecule has 3 heterocycles. The molecule has 0 radical (unpaired) electrons. The quantitative estimate of drug-likeness (QED) is 0.735. The van der Waals surface area contributed by atoms with Crippen molar-refractivity contribution in [3.8, 4) is 0 Å². The van der Waals surface area contributed by atoms with E-state index in [1.54, 1.807) is 12.7 Å². The smallest absolute Gasteiger partial charge is 0.182 e. The second kappa shape index (κ2) is 4.30. The maximum Gasteiger partial charge on any atom is 0.182 e. The van der Waals surface area contributed by atoms with E-state index in [0.717, 1.165) is 24.2 Å². The standard InChI is InChI=1S/C15H15N5/c1-10-6-7-11-4-2-3-5-12(11)20(10)15-13-14(17-8-16-13)18-9-19-15/h2-5,8-10H,6-7H2,1H3,(H,16,17,18,19). The molecule has 0 spiro atoms. The van der Waals surface area contributed by atoms with Crippen LogP contribution in [0.2, 0.25) is 0 Å². The zero-order valence-electron chi connectivity index (χ0n) is 11.2. The molecule has 0 amide bonds. The number of hydrogen-bond donors (Lipinski definition) is 1. The van der Waals surface area contributed by atoms with E-state index < -0.39 is 0 Å². The Hall–Kier alpha value is -2.43. The first-order chi connectivity index (χ1) is 9.84. The lowest BCUT2D eigenvalue weighted by Gasteiger charge is -2.36. The number of hydrogen-bond acceptors (Lipinski definition) is 4. The summed E-state index contributed by atoms with van der Waals surface area (Å²) in [5.41, 5.74) is 4.22. The first kappa shape index (κ1) is 11.4. The van der Waals surface area contributed by atoms with Crippen LogP contribution < -0.4 is 4.90 Å². The summed E-state index contributed by atoms with van der Waals surface area (Å²) in [7, 11) is 0. The van der Waals surface area contributed by atoms with E-state index in [0.29, 0.717) is 11.7 Å². The normalized spacial score (nSPS) is 18.2. The van der Waals surface area contributed by atoms with Gasteiger partial charge in [-0.3, -0.25) is 0 Å². The molecule has 1 aliphatic rings. The van der Waals surface area contributed by atoms with Crippen molar-refractivity contribution < 1.29 is 0 Å². The second-order valence-electron chi connectivity index (χ2n) is 5.18. The number of nitrogens with zero attached hydrogens (tertiary/aromatic N) is 4. The molecule has 0 saturated carbocycles. The summed E-state index contributed by atoms with van der Waals surface area (Å²) in [5, 5.41) is 0. The van der Waals surface area contributed by atoms with Crippen LogP contribution in [0.4, 0.5) is 11.5 Å². The highest BCUT2D eigenvalue weighted by Gasteiger charge is 2.26. The van der Waals surface area contributed by atoms with E-state index in [4.69, 9.17) is 0 Å². The molecule has 0 saturated heterocycles. The summed E-state index contributed by atoms with van der Waals surface area (Å²) in [4.78, 5) is 18.4. The molecule has 0 aliphatic carbocycles. The average molecular weight is 265 g/mol. The molecule has 5 heteroatoms. The zero-order valence-corrected chi connectivity index (χ0v) is 11.2. The predicted octanol–water partition coefficient (Wildman–Crippen LogP) is 2.83. The second-order valence-corrected chi connectivity index (χ2v) is 5.18. The van der Waals surface area contributed by atoms with Gasteiger partial charge in [-0.25, -0.2) is 15.0 Å². The van der Waals surface area contributed by atoms with Gasteiger partial charge in [0.25, 0.3) is 0 Å². The number of aromatic amines is 1. The van der Waals surface area contributed by atoms with Crippen LogP contribution in [0.1, 0.15) is 18.9 Å². The number of H-pyrrole nitrogens is 1. The fourth-order valence-corrected chi connectivity index (χ4v) is 2.95. The molecule has 3 aromatic rings. The fraction of sp³-hybridized carbons (Fsp3) is 0.267. The molecule has 1 unspecified atom stereocenters. The van der Waals surface area contributed by atoms with Gasteiger partial charge in [0.05, 0.1) is 6.33 Å². The number of nitrogens with one attached hydrogen (secondary N) is 1. The first-order valence-electron chi connectivity index (χ1n) is 6.86. The van der Waals surface area contributed by atoms with Crippen LogP contribution in [-0.4, -0.2) is 26.0 Å². The third-order valence-electron chi connectivity index (χ3n) is 3.95. The third kappa shape index (κ3) is 1.59. The van der Waals surface area contributed by atoms with Crippen molar-refractivity contribution in [2.24, 2.45) is 0 Å². The fourth-order valence-electron chi connectivity index (χ4n) is 2.95. The van der Waals surface area contributed by atoms with E-state index in [2.05, 4.69) is 56.0 Å². The van der Waals surface area contributed by atoms with Crippen molar-refractivity contribution in [1.29, 1.82) is 0 Å².